The molecule has 3 aromatic rings. The summed E-state index contributed by atoms with van der Waals surface area (Å²) in [7, 11) is 1.94. The fraction of sp³-hybridized carbons (Fsp3) is 0.333. The molecule has 3 heterocycles. The van der Waals surface area contributed by atoms with Crippen molar-refractivity contribution in [2.75, 3.05) is 13.2 Å². The van der Waals surface area contributed by atoms with Gasteiger partial charge in [0.1, 0.15) is 13.2 Å². The molecule has 25 heavy (non-hydrogen) atoms. The summed E-state index contributed by atoms with van der Waals surface area (Å²) in [5.41, 5.74) is 4.45. The van der Waals surface area contributed by atoms with Gasteiger partial charge in [-0.05, 0) is 31.0 Å². The van der Waals surface area contributed by atoms with Gasteiger partial charge < -0.3 is 14.0 Å². The third-order valence-corrected chi connectivity index (χ3v) is 4.25. The second-order valence-electron chi connectivity index (χ2n) is 6.00. The van der Waals surface area contributed by atoms with Gasteiger partial charge in [0, 0.05) is 25.4 Å². The van der Waals surface area contributed by atoms with Crippen molar-refractivity contribution < 1.29 is 9.47 Å². The van der Waals surface area contributed by atoms with E-state index in [9.17, 15) is 0 Å². The van der Waals surface area contributed by atoms with Crippen LogP contribution in [0.3, 0.4) is 0 Å². The maximum Gasteiger partial charge on any atom is 0.161 e. The van der Waals surface area contributed by atoms with Crippen LogP contribution >= 0.6 is 12.4 Å². The summed E-state index contributed by atoms with van der Waals surface area (Å²) >= 11 is 0. The van der Waals surface area contributed by atoms with Gasteiger partial charge in [-0.3, -0.25) is 4.68 Å². The SMILES string of the molecule is Cc1nn(C)cc1-c1cncn1CCc1ccc2c(c1)OCCO2.Cl. The summed E-state index contributed by atoms with van der Waals surface area (Å²) in [5, 5.41) is 4.42. The highest BCUT2D eigenvalue weighted by Gasteiger charge is 2.13. The average molecular weight is 361 g/mol. The molecule has 0 fully saturated rings. The van der Waals surface area contributed by atoms with Crippen LogP contribution in [0.4, 0.5) is 0 Å². The summed E-state index contributed by atoms with van der Waals surface area (Å²) < 4.78 is 15.2. The number of aromatic nitrogens is 4. The summed E-state index contributed by atoms with van der Waals surface area (Å²) in [6.07, 6.45) is 6.71. The first-order chi connectivity index (χ1) is 11.7. The lowest BCUT2D eigenvalue weighted by molar-refractivity contribution is 0.171. The van der Waals surface area contributed by atoms with Crippen molar-refractivity contribution >= 4 is 12.4 Å². The fourth-order valence-electron chi connectivity index (χ4n) is 3.07. The number of hydrogen-bond donors (Lipinski definition) is 0. The standard InChI is InChI=1S/C18H20N4O2.ClH/c1-13-15(11-21(2)20-13)16-10-19-12-22(16)6-5-14-3-4-17-18(9-14)24-8-7-23-17;/h3-4,9-12H,5-8H2,1-2H3;1H. The van der Waals surface area contributed by atoms with E-state index in [1.165, 1.54) is 5.56 Å². The molecule has 0 saturated carbocycles. The Hall–Kier alpha value is -2.47. The van der Waals surface area contributed by atoms with Crippen LogP contribution in [0.2, 0.25) is 0 Å². The van der Waals surface area contributed by atoms with E-state index in [0.717, 1.165) is 41.4 Å². The van der Waals surface area contributed by atoms with E-state index < -0.39 is 0 Å². The number of imidazole rings is 1. The summed E-state index contributed by atoms with van der Waals surface area (Å²) in [6, 6.07) is 6.16. The largest absolute Gasteiger partial charge is 0.486 e. The zero-order valence-electron chi connectivity index (χ0n) is 14.3. The lowest BCUT2D eigenvalue weighted by Gasteiger charge is -2.19. The number of ether oxygens (including phenoxy) is 2. The Kier molecular flexibility index (Phi) is 4.99. The van der Waals surface area contributed by atoms with Crippen molar-refractivity contribution in [3.63, 3.8) is 0 Å². The number of benzene rings is 1. The van der Waals surface area contributed by atoms with Crippen molar-refractivity contribution in [2.24, 2.45) is 7.05 Å². The Balaban J connectivity index is 0.00000182. The highest BCUT2D eigenvalue weighted by atomic mass is 35.5. The molecule has 0 bridgehead atoms. The van der Waals surface area contributed by atoms with Crippen LogP contribution in [-0.2, 0) is 20.0 Å². The Morgan fingerprint density at radius 2 is 1.96 bits per heavy atom. The van der Waals surface area contributed by atoms with Crippen LogP contribution in [0.1, 0.15) is 11.3 Å². The van der Waals surface area contributed by atoms with E-state index in [1.807, 2.05) is 43.4 Å². The van der Waals surface area contributed by atoms with Gasteiger partial charge in [-0.1, -0.05) is 6.07 Å². The molecule has 0 amide bonds. The van der Waals surface area contributed by atoms with Crippen molar-refractivity contribution in [3.05, 3.63) is 48.2 Å². The molecule has 0 aliphatic carbocycles. The second kappa shape index (κ2) is 7.19. The maximum absolute atomic E-state index is 5.66. The van der Waals surface area contributed by atoms with Crippen LogP contribution in [0, 0.1) is 6.92 Å². The highest BCUT2D eigenvalue weighted by molar-refractivity contribution is 5.85. The molecule has 0 spiro atoms. The maximum atomic E-state index is 5.66. The van der Waals surface area contributed by atoms with Crippen molar-refractivity contribution in [2.45, 2.75) is 19.9 Å². The minimum atomic E-state index is 0. The first kappa shape index (κ1) is 17.4. The van der Waals surface area contributed by atoms with E-state index in [1.54, 1.807) is 0 Å². The molecule has 1 aliphatic rings. The molecule has 7 heteroatoms. The van der Waals surface area contributed by atoms with Gasteiger partial charge in [-0.2, -0.15) is 5.10 Å². The Bertz CT molecular complexity index is 872. The van der Waals surface area contributed by atoms with E-state index in [0.29, 0.717) is 13.2 Å². The molecule has 0 N–H and O–H groups in total. The van der Waals surface area contributed by atoms with Crippen molar-refractivity contribution in [1.82, 2.24) is 19.3 Å². The molecule has 1 aromatic carbocycles. The normalized spacial score (nSPS) is 12.7. The molecule has 6 nitrogen and oxygen atoms in total. The average Bonchev–Trinajstić information content (AvgIpc) is 3.18. The fourth-order valence-corrected chi connectivity index (χ4v) is 3.07. The number of fused-ring (bicyclic) bond motifs is 1. The summed E-state index contributed by atoms with van der Waals surface area (Å²) in [4.78, 5) is 4.31. The first-order valence-corrected chi connectivity index (χ1v) is 8.10. The topological polar surface area (TPSA) is 54.1 Å². The third-order valence-electron chi connectivity index (χ3n) is 4.25. The molecule has 0 atom stereocenters. The van der Waals surface area contributed by atoms with E-state index in [4.69, 9.17) is 9.47 Å². The van der Waals surface area contributed by atoms with Crippen molar-refractivity contribution in [1.29, 1.82) is 0 Å². The van der Waals surface area contributed by atoms with Gasteiger partial charge in [0.05, 0.1) is 23.9 Å². The molecule has 4 rings (SSSR count). The monoisotopic (exact) mass is 360 g/mol. The molecule has 132 valence electrons. The molecule has 0 saturated heterocycles. The van der Waals surface area contributed by atoms with Gasteiger partial charge >= 0.3 is 0 Å². The van der Waals surface area contributed by atoms with Crippen LogP contribution in [0.5, 0.6) is 11.5 Å². The molecule has 0 unspecified atom stereocenters. The number of hydrogen-bond acceptors (Lipinski definition) is 4. The lowest BCUT2D eigenvalue weighted by Crippen LogP contribution is -2.15. The van der Waals surface area contributed by atoms with E-state index >= 15 is 0 Å². The van der Waals surface area contributed by atoms with Crippen LogP contribution in [0.25, 0.3) is 11.3 Å². The Morgan fingerprint density at radius 1 is 1.16 bits per heavy atom. The molecule has 1 aliphatic heterocycles. The van der Waals surface area contributed by atoms with Gasteiger partial charge in [-0.25, -0.2) is 4.98 Å². The van der Waals surface area contributed by atoms with Crippen LogP contribution in [0.15, 0.2) is 36.9 Å². The van der Waals surface area contributed by atoms with Gasteiger partial charge in [0.15, 0.2) is 11.5 Å². The quantitative estimate of drug-likeness (QED) is 0.717. The van der Waals surface area contributed by atoms with Crippen LogP contribution < -0.4 is 9.47 Å². The Labute approximate surface area is 152 Å². The van der Waals surface area contributed by atoms with Crippen LogP contribution in [-0.4, -0.2) is 32.5 Å². The summed E-state index contributed by atoms with van der Waals surface area (Å²) in [5.74, 6) is 1.67. The van der Waals surface area contributed by atoms with Gasteiger partial charge in [0.25, 0.3) is 0 Å². The highest BCUT2D eigenvalue weighted by Crippen LogP contribution is 2.31. The summed E-state index contributed by atoms with van der Waals surface area (Å²) in [6.45, 7) is 4.11. The van der Waals surface area contributed by atoms with E-state index in [2.05, 4.69) is 26.8 Å². The van der Waals surface area contributed by atoms with Gasteiger partial charge in [0.2, 0.25) is 0 Å². The molecule has 0 radical (unpaired) electrons. The number of halogens is 1. The smallest absolute Gasteiger partial charge is 0.161 e. The number of aryl methyl sites for hydroxylation is 4. The molecule has 2 aromatic heterocycles. The second-order valence-corrected chi connectivity index (χ2v) is 6.00. The molecular formula is C18H21ClN4O2. The van der Waals surface area contributed by atoms with E-state index in [-0.39, 0.29) is 12.4 Å². The van der Waals surface area contributed by atoms with Gasteiger partial charge in [-0.15, -0.1) is 12.4 Å². The zero-order valence-corrected chi connectivity index (χ0v) is 15.1. The first-order valence-electron chi connectivity index (χ1n) is 8.10. The number of rotatable bonds is 4. The minimum absolute atomic E-state index is 0. The predicted octanol–water partition coefficient (Wildman–Crippen LogP) is 3.03. The lowest BCUT2D eigenvalue weighted by atomic mass is 10.1. The third kappa shape index (κ3) is 3.49. The Morgan fingerprint density at radius 3 is 2.72 bits per heavy atom. The zero-order chi connectivity index (χ0) is 16.5. The minimum Gasteiger partial charge on any atom is -0.486 e. The number of nitrogens with zero attached hydrogens (tertiary/aromatic N) is 4. The molecular weight excluding hydrogens is 340 g/mol. The van der Waals surface area contributed by atoms with Crippen molar-refractivity contribution in [3.8, 4) is 22.8 Å². The predicted molar refractivity (Wildman–Crippen MR) is 97.6 cm³/mol.